The van der Waals surface area contributed by atoms with E-state index in [-0.39, 0.29) is 12.3 Å². The van der Waals surface area contributed by atoms with Gasteiger partial charge in [0.1, 0.15) is 0 Å². The Morgan fingerprint density at radius 3 is 1.75 bits per heavy atom. The quantitative estimate of drug-likeness (QED) is 0.544. The Hall–Kier alpha value is -1.06. The zero-order valence-corrected chi connectivity index (χ0v) is 9.50. The summed E-state index contributed by atoms with van der Waals surface area (Å²) in [6.07, 6.45) is 0.693. The maximum Gasteiger partial charge on any atom is 0.165 e. The first-order chi connectivity index (χ1) is 7.40. The van der Waals surface area contributed by atoms with Gasteiger partial charge in [0, 0.05) is 11.1 Å². The molecule has 0 nitrogen and oxygen atoms in total. The SMILES string of the molecule is CCC(C)Cc1c(F)c(F)c(C)c(F)c1F. The average molecular weight is 234 g/mol. The molecule has 0 heterocycles. The number of rotatable bonds is 3. The van der Waals surface area contributed by atoms with E-state index < -0.39 is 34.4 Å². The van der Waals surface area contributed by atoms with Crippen molar-refractivity contribution in [3.05, 3.63) is 34.4 Å². The Labute approximate surface area is 92.3 Å². The summed E-state index contributed by atoms with van der Waals surface area (Å²) in [6.45, 7) is 4.64. The summed E-state index contributed by atoms with van der Waals surface area (Å²) in [5, 5.41) is 0. The molecule has 0 bridgehead atoms. The second-order valence-corrected chi connectivity index (χ2v) is 4.08. The summed E-state index contributed by atoms with van der Waals surface area (Å²) in [5.41, 5.74) is -1.10. The Balaban J connectivity index is 3.28. The molecule has 0 radical (unpaired) electrons. The van der Waals surface area contributed by atoms with Gasteiger partial charge in [0.05, 0.1) is 0 Å². The summed E-state index contributed by atoms with van der Waals surface area (Å²) >= 11 is 0. The van der Waals surface area contributed by atoms with Crippen molar-refractivity contribution in [1.82, 2.24) is 0 Å². The van der Waals surface area contributed by atoms with Crippen molar-refractivity contribution >= 4 is 0 Å². The maximum absolute atomic E-state index is 13.4. The predicted octanol–water partition coefficient (Wildman–Crippen LogP) is 4.14. The first-order valence-corrected chi connectivity index (χ1v) is 5.21. The zero-order valence-electron chi connectivity index (χ0n) is 9.50. The fourth-order valence-electron chi connectivity index (χ4n) is 1.46. The largest absolute Gasteiger partial charge is 0.203 e. The van der Waals surface area contributed by atoms with Crippen molar-refractivity contribution in [2.75, 3.05) is 0 Å². The lowest BCUT2D eigenvalue weighted by Gasteiger charge is -2.12. The highest BCUT2D eigenvalue weighted by Gasteiger charge is 2.23. The van der Waals surface area contributed by atoms with Gasteiger partial charge >= 0.3 is 0 Å². The van der Waals surface area contributed by atoms with Crippen LogP contribution in [0.25, 0.3) is 0 Å². The zero-order chi connectivity index (χ0) is 12.5. The molecule has 0 N–H and O–H groups in total. The van der Waals surface area contributed by atoms with Crippen molar-refractivity contribution in [1.29, 1.82) is 0 Å². The summed E-state index contributed by atoms with van der Waals surface area (Å²) in [5.74, 6) is -5.15. The minimum absolute atomic E-state index is 0.00227. The molecule has 0 aliphatic heterocycles. The summed E-state index contributed by atoms with van der Waals surface area (Å²) in [7, 11) is 0. The molecular formula is C12H14F4. The van der Waals surface area contributed by atoms with Gasteiger partial charge in [0.25, 0.3) is 0 Å². The molecule has 1 atom stereocenters. The third-order valence-corrected chi connectivity index (χ3v) is 2.82. The molecule has 16 heavy (non-hydrogen) atoms. The Kier molecular flexibility index (Phi) is 3.94. The van der Waals surface area contributed by atoms with E-state index >= 15 is 0 Å². The highest BCUT2D eigenvalue weighted by Crippen LogP contribution is 2.26. The van der Waals surface area contributed by atoms with Crippen LogP contribution in [-0.2, 0) is 6.42 Å². The molecule has 0 spiro atoms. The van der Waals surface area contributed by atoms with Crippen molar-refractivity contribution in [2.45, 2.75) is 33.6 Å². The van der Waals surface area contributed by atoms with Gasteiger partial charge in [-0.3, -0.25) is 0 Å². The maximum atomic E-state index is 13.4. The smallest absolute Gasteiger partial charge is 0.165 e. The average Bonchev–Trinajstić information content (AvgIpc) is 2.29. The third kappa shape index (κ3) is 2.20. The molecule has 1 aromatic rings. The van der Waals surface area contributed by atoms with Gasteiger partial charge in [0.15, 0.2) is 23.3 Å². The number of hydrogen-bond acceptors (Lipinski definition) is 0. The summed E-state index contributed by atoms with van der Waals surface area (Å²) in [4.78, 5) is 0. The van der Waals surface area contributed by atoms with E-state index in [0.717, 1.165) is 6.92 Å². The highest BCUT2D eigenvalue weighted by molar-refractivity contribution is 5.29. The van der Waals surface area contributed by atoms with E-state index in [4.69, 9.17) is 0 Å². The Morgan fingerprint density at radius 1 is 0.938 bits per heavy atom. The van der Waals surface area contributed by atoms with E-state index in [0.29, 0.717) is 6.42 Å². The first-order valence-electron chi connectivity index (χ1n) is 5.21. The molecule has 0 aliphatic rings. The van der Waals surface area contributed by atoms with Gasteiger partial charge < -0.3 is 0 Å². The monoisotopic (exact) mass is 234 g/mol. The van der Waals surface area contributed by atoms with Crippen LogP contribution in [-0.4, -0.2) is 0 Å². The third-order valence-electron chi connectivity index (χ3n) is 2.82. The van der Waals surface area contributed by atoms with Crippen LogP contribution in [0.15, 0.2) is 0 Å². The lowest BCUT2D eigenvalue weighted by molar-refractivity contribution is 0.417. The fraction of sp³-hybridized carbons (Fsp3) is 0.500. The normalized spacial score (nSPS) is 12.9. The first kappa shape index (κ1) is 13.0. The second kappa shape index (κ2) is 4.85. The van der Waals surface area contributed by atoms with Crippen LogP contribution in [0.1, 0.15) is 31.4 Å². The minimum atomic E-state index is -1.29. The van der Waals surface area contributed by atoms with Gasteiger partial charge in [-0.15, -0.1) is 0 Å². The van der Waals surface area contributed by atoms with E-state index in [1.165, 1.54) is 0 Å². The molecule has 0 aromatic heterocycles. The van der Waals surface area contributed by atoms with E-state index in [1.54, 1.807) is 6.92 Å². The number of halogens is 4. The van der Waals surface area contributed by atoms with Crippen LogP contribution in [0.5, 0.6) is 0 Å². The molecule has 90 valence electrons. The van der Waals surface area contributed by atoms with E-state index in [2.05, 4.69) is 0 Å². The standard InChI is InChI=1S/C12H14F4/c1-4-6(2)5-8-11(15)9(13)7(3)10(14)12(8)16/h6H,4-5H2,1-3H3. The van der Waals surface area contributed by atoms with Crippen molar-refractivity contribution in [3.8, 4) is 0 Å². The van der Waals surface area contributed by atoms with Crippen molar-refractivity contribution < 1.29 is 17.6 Å². The molecule has 0 amide bonds. The number of hydrogen-bond donors (Lipinski definition) is 0. The molecule has 1 aromatic carbocycles. The van der Waals surface area contributed by atoms with Gasteiger partial charge in [-0.25, -0.2) is 17.6 Å². The van der Waals surface area contributed by atoms with Gasteiger partial charge in [0.2, 0.25) is 0 Å². The highest BCUT2D eigenvalue weighted by atomic mass is 19.2. The molecule has 0 aliphatic carbocycles. The molecule has 1 unspecified atom stereocenters. The van der Waals surface area contributed by atoms with Gasteiger partial charge in [-0.1, -0.05) is 20.3 Å². The van der Waals surface area contributed by atoms with Crippen LogP contribution in [0.3, 0.4) is 0 Å². The Bertz CT molecular complexity index is 369. The van der Waals surface area contributed by atoms with Crippen LogP contribution < -0.4 is 0 Å². The van der Waals surface area contributed by atoms with Crippen LogP contribution in [0, 0.1) is 36.1 Å². The minimum Gasteiger partial charge on any atom is -0.203 e. The van der Waals surface area contributed by atoms with E-state index in [9.17, 15) is 17.6 Å². The lowest BCUT2D eigenvalue weighted by atomic mass is 9.96. The van der Waals surface area contributed by atoms with Crippen molar-refractivity contribution in [2.24, 2.45) is 5.92 Å². The van der Waals surface area contributed by atoms with Crippen LogP contribution in [0.2, 0.25) is 0 Å². The second-order valence-electron chi connectivity index (χ2n) is 4.08. The fourth-order valence-corrected chi connectivity index (χ4v) is 1.46. The topological polar surface area (TPSA) is 0 Å². The van der Waals surface area contributed by atoms with E-state index in [1.807, 2.05) is 6.92 Å². The predicted molar refractivity (Wildman–Crippen MR) is 54.2 cm³/mol. The molecule has 1 rings (SSSR count). The van der Waals surface area contributed by atoms with Gasteiger partial charge in [-0.2, -0.15) is 0 Å². The summed E-state index contributed by atoms with van der Waals surface area (Å²) in [6, 6.07) is 0. The molecular weight excluding hydrogens is 220 g/mol. The molecule has 0 saturated carbocycles. The molecule has 0 fully saturated rings. The lowest BCUT2D eigenvalue weighted by Crippen LogP contribution is -2.09. The summed E-state index contributed by atoms with van der Waals surface area (Å²) < 4.78 is 53.2. The van der Waals surface area contributed by atoms with Gasteiger partial charge in [-0.05, 0) is 19.3 Å². The molecule has 0 saturated heterocycles. The molecule has 4 heteroatoms. The van der Waals surface area contributed by atoms with Crippen LogP contribution in [0.4, 0.5) is 17.6 Å². The van der Waals surface area contributed by atoms with Crippen LogP contribution >= 0.6 is 0 Å². The van der Waals surface area contributed by atoms with Crippen molar-refractivity contribution in [3.63, 3.8) is 0 Å². The number of benzene rings is 1. The Morgan fingerprint density at radius 2 is 1.38 bits per heavy atom.